The van der Waals surface area contributed by atoms with Crippen molar-refractivity contribution in [3.63, 3.8) is 0 Å². The summed E-state index contributed by atoms with van der Waals surface area (Å²) in [6.07, 6.45) is 12.9. The van der Waals surface area contributed by atoms with Crippen LogP contribution in [0.4, 0.5) is 0 Å². The highest BCUT2D eigenvalue weighted by atomic mass is 32.2. The van der Waals surface area contributed by atoms with Gasteiger partial charge in [-0.1, -0.05) is 44.9 Å². The van der Waals surface area contributed by atoms with Gasteiger partial charge in [-0.2, -0.15) is 13.5 Å². The number of sulfonamides is 1. The quantitative estimate of drug-likeness (QED) is 0.729. The van der Waals surface area contributed by atoms with E-state index in [9.17, 15) is 8.42 Å². The molecule has 0 radical (unpaired) electrons. The topological polar surface area (TPSA) is 67.8 Å². The summed E-state index contributed by atoms with van der Waals surface area (Å²) < 4.78 is 30.3. The molecule has 0 unspecified atom stereocenters. The minimum absolute atomic E-state index is 0.207. The van der Waals surface area contributed by atoms with Crippen LogP contribution in [0.1, 0.15) is 77.6 Å². The van der Waals surface area contributed by atoms with Crippen molar-refractivity contribution in [2.75, 3.05) is 6.61 Å². The van der Waals surface area contributed by atoms with Crippen molar-refractivity contribution >= 4 is 15.7 Å². The summed E-state index contributed by atoms with van der Waals surface area (Å²) in [5.41, 5.74) is 0.972. The zero-order valence-corrected chi connectivity index (χ0v) is 16.7. The molecule has 1 N–H and O–H groups in total. The van der Waals surface area contributed by atoms with E-state index in [1.54, 1.807) is 24.3 Å². The zero-order chi connectivity index (χ0) is 18.7. The van der Waals surface area contributed by atoms with E-state index in [0.29, 0.717) is 12.4 Å². The Morgan fingerprint density at radius 1 is 0.885 bits per heavy atom. The van der Waals surface area contributed by atoms with E-state index < -0.39 is 10.0 Å². The molecule has 1 aromatic carbocycles. The van der Waals surface area contributed by atoms with Gasteiger partial charge < -0.3 is 4.74 Å². The van der Waals surface area contributed by atoms with Crippen molar-refractivity contribution in [3.05, 3.63) is 24.3 Å². The minimum atomic E-state index is -3.63. The fourth-order valence-corrected chi connectivity index (χ4v) is 4.04. The van der Waals surface area contributed by atoms with Gasteiger partial charge in [0.2, 0.25) is 0 Å². The Kier molecular flexibility index (Phi) is 8.95. The first-order chi connectivity index (χ1) is 12.6. The maximum absolute atomic E-state index is 12.5. The molecule has 0 atom stereocenters. The molecule has 1 saturated carbocycles. The summed E-state index contributed by atoms with van der Waals surface area (Å²) in [5, 5.41) is 4.27. The van der Waals surface area contributed by atoms with Crippen molar-refractivity contribution in [1.82, 2.24) is 4.83 Å². The van der Waals surface area contributed by atoms with Gasteiger partial charge in [-0.15, -0.1) is 0 Å². The van der Waals surface area contributed by atoms with Crippen molar-refractivity contribution in [2.45, 2.75) is 82.4 Å². The molecule has 146 valence electrons. The molecule has 0 heterocycles. The molecule has 1 fully saturated rings. The Hall–Kier alpha value is -1.56. The summed E-state index contributed by atoms with van der Waals surface area (Å²) in [5.74, 6) is 0.664. The van der Waals surface area contributed by atoms with Gasteiger partial charge in [-0.25, -0.2) is 4.83 Å². The molecule has 6 heteroatoms. The molecule has 1 aliphatic carbocycles. The average molecular weight is 381 g/mol. The van der Waals surface area contributed by atoms with Crippen LogP contribution in [-0.4, -0.2) is 20.7 Å². The van der Waals surface area contributed by atoms with Gasteiger partial charge in [0.1, 0.15) is 5.75 Å². The molecule has 0 saturated heterocycles. The standard InChI is InChI=1S/C20H32N2O3S/c1-2-25-19-14-16-20(17-15-19)26(23,24)22-21-18-12-10-8-6-4-3-5-7-9-11-13-18/h14-17,22H,2-13H2,1H3. The maximum Gasteiger partial charge on any atom is 0.276 e. The van der Waals surface area contributed by atoms with Crippen LogP contribution in [0.25, 0.3) is 0 Å². The normalized spacial score (nSPS) is 17.7. The van der Waals surface area contributed by atoms with Crippen molar-refractivity contribution in [1.29, 1.82) is 0 Å². The van der Waals surface area contributed by atoms with E-state index in [1.807, 2.05) is 6.92 Å². The van der Waals surface area contributed by atoms with Gasteiger partial charge in [-0.05, 0) is 56.9 Å². The van der Waals surface area contributed by atoms with E-state index in [4.69, 9.17) is 4.74 Å². The highest BCUT2D eigenvalue weighted by molar-refractivity contribution is 7.89. The first kappa shape index (κ1) is 20.7. The lowest BCUT2D eigenvalue weighted by atomic mass is 10.00. The number of nitrogens with zero attached hydrogens (tertiary/aromatic N) is 1. The highest BCUT2D eigenvalue weighted by Crippen LogP contribution is 2.17. The molecule has 26 heavy (non-hydrogen) atoms. The third-order valence-corrected chi connectivity index (χ3v) is 5.92. The number of benzene rings is 1. The second-order valence-electron chi connectivity index (χ2n) is 6.86. The summed E-state index contributed by atoms with van der Waals surface area (Å²) in [6.45, 7) is 2.45. The molecular weight excluding hydrogens is 348 g/mol. The van der Waals surface area contributed by atoms with Gasteiger partial charge in [0, 0.05) is 5.71 Å². The third kappa shape index (κ3) is 7.36. The molecule has 2 rings (SSSR count). The monoisotopic (exact) mass is 380 g/mol. The third-order valence-electron chi connectivity index (χ3n) is 4.70. The van der Waals surface area contributed by atoms with Crippen LogP contribution >= 0.6 is 0 Å². The predicted octanol–water partition coefficient (Wildman–Crippen LogP) is 5.02. The highest BCUT2D eigenvalue weighted by Gasteiger charge is 2.13. The van der Waals surface area contributed by atoms with Crippen LogP contribution in [0.2, 0.25) is 0 Å². The number of nitrogens with one attached hydrogen (secondary N) is 1. The molecule has 0 aliphatic heterocycles. The number of hydrazone groups is 1. The van der Waals surface area contributed by atoms with Gasteiger partial charge in [0.05, 0.1) is 11.5 Å². The van der Waals surface area contributed by atoms with Crippen molar-refractivity contribution in [2.24, 2.45) is 5.10 Å². The number of ether oxygens (including phenoxy) is 1. The van der Waals surface area contributed by atoms with Gasteiger partial charge >= 0.3 is 0 Å². The van der Waals surface area contributed by atoms with Crippen LogP contribution in [0.15, 0.2) is 34.3 Å². The summed E-state index contributed by atoms with van der Waals surface area (Å²) in [4.78, 5) is 2.63. The van der Waals surface area contributed by atoms with Gasteiger partial charge in [0.15, 0.2) is 0 Å². The smallest absolute Gasteiger partial charge is 0.276 e. The Morgan fingerprint density at radius 3 is 1.88 bits per heavy atom. The summed E-state index contributed by atoms with van der Waals surface area (Å²) in [6, 6.07) is 6.44. The fourth-order valence-electron chi connectivity index (χ4n) is 3.19. The molecule has 0 aromatic heterocycles. The Labute approximate surface area is 158 Å². The van der Waals surface area contributed by atoms with E-state index in [2.05, 4.69) is 9.93 Å². The number of hydrogen-bond acceptors (Lipinski definition) is 4. The molecule has 1 aliphatic rings. The SMILES string of the molecule is CCOc1ccc(S(=O)(=O)NN=C2CCCCCCCCCCC2)cc1. The minimum Gasteiger partial charge on any atom is -0.494 e. The molecule has 1 aromatic rings. The first-order valence-electron chi connectivity index (χ1n) is 9.92. The molecular formula is C20H32N2O3S. The second kappa shape index (κ2) is 11.2. The number of hydrogen-bond donors (Lipinski definition) is 1. The van der Waals surface area contributed by atoms with Crippen LogP contribution < -0.4 is 9.57 Å². The maximum atomic E-state index is 12.5. The summed E-state index contributed by atoms with van der Waals surface area (Å²) in [7, 11) is -3.63. The van der Waals surface area contributed by atoms with E-state index >= 15 is 0 Å². The molecule has 0 spiro atoms. The van der Waals surface area contributed by atoms with Crippen LogP contribution in [-0.2, 0) is 10.0 Å². The Balaban J connectivity index is 1.98. The second-order valence-corrected chi connectivity index (χ2v) is 8.52. The average Bonchev–Trinajstić information content (AvgIpc) is 2.62. The molecule has 5 nitrogen and oxygen atoms in total. The Bertz CT molecular complexity index is 640. The fraction of sp³-hybridized carbons (Fsp3) is 0.650. The Morgan fingerprint density at radius 2 is 1.38 bits per heavy atom. The van der Waals surface area contributed by atoms with Gasteiger partial charge in [-0.3, -0.25) is 0 Å². The lowest BCUT2D eigenvalue weighted by Crippen LogP contribution is -2.20. The van der Waals surface area contributed by atoms with Crippen LogP contribution in [0, 0.1) is 0 Å². The largest absolute Gasteiger partial charge is 0.494 e. The number of rotatable bonds is 5. The lowest BCUT2D eigenvalue weighted by Gasteiger charge is -2.11. The van der Waals surface area contributed by atoms with E-state index in [1.165, 1.54) is 44.9 Å². The van der Waals surface area contributed by atoms with Crippen molar-refractivity contribution < 1.29 is 13.2 Å². The van der Waals surface area contributed by atoms with Crippen molar-refractivity contribution in [3.8, 4) is 5.75 Å². The van der Waals surface area contributed by atoms with Gasteiger partial charge in [0.25, 0.3) is 10.0 Å². The molecule has 0 bridgehead atoms. The predicted molar refractivity (Wildman–Crippen MR) is 106 cm³/mol. The van der Waals surface area contributed by atoms with E-state index in [0.717, 1.165) is 31.4 Å². The van der Waals surface area contributed by atoms with Crippen LogP contribution in [0.3, 0.4) is 0 Å². The van der Waals surface area contributed by atoms with Crippen LogP contribution in [0.5, 0.6) is 5.75 Å². The first-order valence-corrected chi connectivity index (χ1v) is 11.4. The van der Waals surface area contributed by atoms with E-state index in [-0.39, 0.29) is 4.90 Å². The summed E-state index contributed by atoms with van der Waals surface area (Å²) >= 11 is 0. The zero-order valence-electron chi connectivity index (χ0n) is 15.9. The molecule has 0 amide bonds. The lowest BCUT2D eigenvalue weighted by molar-refractivity contribution is 0.340.